The molecule has 0 bridgehead atoms. The van der Waals surface area contributed by atoms with E-state index >= 15 is 0 Å². The standard InChI is InChI=1S/C11H23NO/c1-9(2)13-8-11(12)10-6-4-3-5-7-10/h9-11H,3-8,12H2,1-2H3. The third kappa shape index (κ3) is 4.10. The molecule has 2 N–H and O–H groups in total. The second-order valence-electron chi connectivity index (χ2n) is 4.44. The van der Waals surface area contributed by atoms with E-state index in [9.17, 15) is 0 Å². The van der Waals surface area contributed by atoms with E-state index in [0.29, 0.717) is 12.0 Å². The first kappa shape index (κ1) is 11.0. The number of ether oxygens (including phenoxy) is 1. The molecule has 2 nitrogen and oxygen atoms in total. The van der Waals surface area contributed by atoms with Gasteiger partial charge in [-0.15, -0.1) is 0 Å². The van der Waals surface area contributed by atoms with Crippen LogP contribution < -0.4 is 5.73 Å². The van der Waals surface area contributed by atoms with Crippen LogP contribution in [-0.2, 0) is 4.74 Å². The molecule has 2 heteroatoms. The number of rotatable bonds is 4. The summed E-state index contributed by atoms with van der Waals surface area (Å²) in [5, 5.41) is 0. The van der Waals surface area contributed by atoms with Crippen LogP contribution in [0.15, 0.2) is 0 Å². The molecule has 1 rings (SSSR count). The van der Waals surface area contributed by atoms with Crippen molar-refractivity contribution in [2.45, 2.75) is 58.1 Å². The van der Waals surface area contributed by atoms with Gasteiger partial charge in [0.2, 0.25) is 0 Å². The average Bonchev–Trinajstić information content (AvgIpc) is 2.15. The van der Waals surface area contributed by atoms with Crippen molar-refractivity contribution in [1.29, 1.82) is 0 Å². The highest BCUT2D eigenvalue weighted by Crippen LogP contribution is 2.25. The highest BCUT2D eigenvalue weighted by molar-refractivity contribution is 4.76. The minimum absolute atomic E-state index is 0.266. The maximum Gasteiger partial charge on any atom is 0.0623 e. The Hall–Kier alpha value is -0.0800. The first-order valence-electron chi connectivity index (χ1n) is 5.57. The normalized spacial score (nSPS) is 22.2. The van der Waals surface area contributed by atoms with E-state index < -0.39 is 0 Å². The molecule has 0 saturated heterocycles. The molecule has 1 unspecified atom stereocenters. The summed E-state index contributed by atoms with van der Waals surface area (Å²) >= 11 is 0. The molecule has 0 aromatic carbocycles. The quantitative estimate of drug-likeness (QED) is 0.729. The summed E-state index contributed by atoms with van der Waals surface area (Å²) in [4.78, 5) is 0. The molecule has 0 aromatic rings. The Balaban J connectivity index is 2.17. The van der Waals surface area contributed by atoms with Gasteiger partial charge in [-0.3, -0.25) is 0 Å². The van der Waals surface area contributed by atoms with E-state index in [1.54, 1.807) is 0 Å². The minimum atomic E-state index is 0.266. The lowest BCUT2D eigenvalue weighted by Crippen LogP contribution is -2.36. The van der Waals surface area contributed by atoms with Crippen molar-refractivity contribution in [3.05, 3.63) is 0 Å². The maximum atomic E-state index is 6.07. The van der Waals surface area contributed by atoms with Crippen molar-refractivity contribution >= 4 is 0 Å². The third-order valence-electron chi connectivity index (χ3n) is 2.88. The second kappa shape index (κ2) is 5.61. The molecule has 1 aliphatic rings. The van der Waals surface area contributed by atoms with Crippen molar-refractivity contribution in [1.82, 2.24) is 0 Å². The van der Waals surface area contributed by atoms with Gasteiger partial charge in [0.25, 0.3) is 0 Å². The predicted octanol–water partition coefficient (Wildman–Crippen LogP) is 2.32. The van der Waals surface area contributed by atoms with Crippen molar-refractivity contribution in [2.75, 3.05) is 6.61 Å². The smallest absolute Gasteiger partial charge is 0.0623 e. The monoisotopic (exact) mass is 185 g/mol. The molecule has 0 radical (unpaired) electrons. The number of hydrogen-bond acceptors (Lipinski definition) is 2. The molecule has 78 valence electrons. The fourth-order valence-electron chi connectivity index (χ4n) is 2.00. The Bertz CT molecular complexity index is 130. The maximum absolute atomic E-state index is 6.07. The summed E-state index contributed by atoms with van der Waals surface area (Å²) in [5.74, 6) is 0.715. The Morgan fingerprint density at radius 1 is 1.23 bits per heavy atom. The molecule has 1 fully saturated rings. The van der Waals surface area contributed by atoms with E-state index in [1.807, 2.05) is 0 Å². The zero-order chi connectivity index (χ0) is 9.68. The highest BCUT2D eigenvalue weighted by Gasteiger charge is 2.20. The van der Waals surface area contributed by atoms with Gasteiger partial charge in [-0.05, 0) is 32.6 Å². The molecular weight excluding hydrogens is 162 g/mol. The molecule has 1 aliphatic carbocycles. The van der Waals surface area contributed by atoms with Crippen LogP contribution in [0.1, 0.15) is 46.0 Å². The van der Waals surface area contributed by atoms with E-state index in [-0.39, 0.29) is 6.04 Å². The molecule has 0 aromatic heterocycles. The summed E-state index contributed by atoms with van der Waals surface area (Å²) in [5.41, 5.74) is 6.07. The van der Waals surface area contributed by atoms with Gasteiger partial charge in [-0.1, -0.05) is 19.3 Å². The summed E-state index contributed by atoms with van der Waals surface area (Å²) in [6.07, 6.45) is 7.05. The number of hydrogen-bond donors (Lipinski definition) is 1. The molecule has 1 atom stereocenters. The lowest BCUT2D eigenvalue weighted by molar-refractivity contribution is 0.0526. The molecule has 0 spiro atoms. The van der Waals surface area contributed by atoms with Gasteiger partial charge in [-0.2, -0.15) is 0 Å². The van der Waals surface area contributed by atoms with Crippen LogP contribution in [-0.4, -0.2) is 18.8 Å². The Morgan fingerprint density at radius 3 is 2.38 bits per heavy atom. The van der Waals surface area contributed by atoms with Gasteiger partial charge >= 0.3 is 0 Å². The van der Waals surface area contributed by atoms with Crippen LogP contribution >= 0.6 is 0 Å². The Labute approximate surface area is 81.8 Å². The molecule has 13 heavy (non-hydrogen) atoms. The van der Waals surface area contributed by atoms with E-state index in [4.69, 9.17) is 10.5 Å². The van der Waals surface area contributed by atoms with Crippen LogP contribution in [0.4, 0.5) is 0 Å². The van der Waals surface area contributed by atoms with E-state index in [0.717, 1.165) is 6.61 Å². The summed E-state index contributed by atoms with van der Waals surface area (Å²) < 4.78 is 5.53. The first-order chi connectivity index (χ1) is 6.20. The minimum Gasteiger partial charge on any atom is -0.377 e. The zero-order valence-corrected chi connectivity index (χ0v) is 8.96. The van der Waals surface area contributed by atoms with E-state index in [1.165, 1.54) is 32.1 Å². The molecule has 1 saturated carbocycles. The van der Waals surface area contributed by atoms with Crippen molar-refractivity contribution < 1.29 is 4.74 Å². The fourth-order valence-corrected chi connectivity index (χ4v) is 2.00. The van der Waals surface area contributed by atoms with Crippen LogP contribution in [0.3, 0.4) is 0 Å². The number of nitrogens with two attached hydrogens (primary N) is 1. The third-order valence-corrected chi connectivity index (χ3v) is 2.88. The predicted molar refractivity (Wildman–Crippen MR) is 55.6 cm³/mol. The lowest BCUT2D eigenvalue weighted by Gasteiger charge is -2.27. The SMILES string of the molecule is CC(C)OCC(N)C1CCCCC1. The van der Waals surface area contributed by atoms with Crippen molar-refractivity contribution in [2.24, 2.45) is 11.7 Å². The molecule has 0 amide bonds. The largest absolute Gasteiger partial charge is 0.377 e. The zero-order valence-electron chi connectivity index (χ0n) is 8.96. The second-order valence-corrected chi connectivity index (χ2v) is 4.44. The summed E-state index contributed by atoms with van der Waals surface area (Å²) in [6.45, 7) is 4.86. The average molecular weight is 185 g/mol. The topological polar surface area (TPSA) is 35.2 Å². The van der Waals surface area contributed by atoms with Crippen LogP contribution in [0.25, 0.3) is 0 Å². The van der Waals surface area contributed by atoms with Gasteiger partial charge in [0.1, 0.15) is 0 Å². The molecule has 0 heterocycles. The highest BCUT2D eigenvalue weighted by atomic mass is 16.5. The lowest BCUT2D eigenvalue weighted by atomic mass is 9.84. The van der Waals surface area contributed by atoms with Crippen molar-refractivity contribution in [3.63, 3.8) is 0 Å². The van der Waals surface area contributed by atoms with Crippen LogP contribution in [0.2, 0.25) is 0 Å². The van der Waals surface area contributed by atoms with Gasteiger partial charge in [0, 0.05) is 6.04 Å². The van der Waals surface area contributed by atoms with Crippen molar-refractivity contribution in [3.8, 4) is 0 Å². The Morgan fingerprint density at radius 2 is 1.85 bits per heavy atom. The summed E-state index contributed by atoms with van der Waals surface area (Å²) in [7, 11) is 0. The van der Waals surface area contributed by atoms with Gasteiger partial charge in [0.05, 0.1) is 12.7 Å². The summed E-state index contributed by atoms with van der Waals surface area (Å²) in [6, 6.07) is 0.266. The van der Waals surface area contributed by atoms with Gasteiger partial charge in [0.15, 0.2) is 0 Å². The molecular formula is C11H23NO. The van der Waals surface area contributed by atoms with Crippen LogP contribution in [0.5, 0.6) is 0 Å². The van der Waals surface area contributed by atoms with Crippen LogP contribution in [0, 0.1) is 5.92 Å². The molecule has 0 aliphatic heterocycles. The fraction of sp³-hybridized carbons (Fsp3) is 1.00. The first-order valence-corrected chi connectivity index (χ1v) is 5.57. The van der Waals surface area contributed by atoms with Gasteiger partial charge < -0.3 is 10.5 Å². The Kier molecular flexibility index (Phi) is 4.74. The van der Waals surface area contributed by atoms with Gasteiger partial charge in [-0.25, -0.2) is 0 Å². The van der Waals surface area contributed by atoms with E-state index in [2.05, 4.69) is 13.8 Å².